The van der Waals surface area contributed by atoms with Crippen LogP contribution in [0.3, 0.4) is 0 Å². The zero-order valence-corrected chi connectivity index (χ0v) is 11.2. The van der Waals surface area contributed by atoms with E-state index in [9.17, 15) is 0 Å². The lowest BCUT2D eigenvalue weighted by Gasteiger charge is -2.22. The molecule has 1 fully saturated rings. The van der Waals surface area contributed by atoms with Gasteiger partial charge >= 0.3 is 0 Å². The van der Waals surface area contributed by atoms with Crippen LogP contribution < -0.4 is 5.73 Å². The van der Waals surface area contributed by atoms with Crippen molar-refractivity contribution in [3.63, 3.8) is 0 Å². The highest BCUT2D eigenvalue weighted by Gasteiger charge is 2.23. The number of nitrogen functional groups attached to an aromatic ring is 1. The number of hydrogen-bond donors (Lipinski definition) is 1. The summed E-state index contributed by atoms with van der Waals surface area (Å²) in [6.45, 7) is 0. The van der Waals surface area contributed by atoms with E-state index in [1.807, 2.05) is 28.9 Å². The van der Waals surface area contributed by atoms with Gasteiger partial charge in [0.2, 0.25) is 0 Å². The highest BCUT2D eigenvalue weighted by Crippen LogP contribution is 2.36. The first-order valence-electron chi connectivity index (χ1n) is 7.02. The predicted octanol–water partition coefficient (Wildman–Crippen LogP) is 3.27. The van der Waals surface area contributed by atoms with Gasteiger partial charge in [-0.05, 0) is 37.1 Å². The zero-order chi connectivity index (χ0) is 13.5. The van der Waals surface area contributed by atoms with E-state index in [0.717, 1.165) is 22.3 Å². The van der Waals surface area contributed by atoms with Gasteiger partial charge in [-0.2, -0.15) is 5.10 Å². The summed E-state index contributed by atoms with van der Waals surface area (Å²) in [5, 5.41) is 5.78. The summed E-state index contributed by atoms with van der Waals surface area (Å²) in [5.74, 6) is 1.30. The molecule has 1 aromatic carbocycles. The number of fused-ring (bicyclic) bond motifs is 1. The molecule has 0 unspecified atom stereocenters. The number of nitrogens with two attached hydrogens (primary N) is 1. The van der Waals surface area contributed by atoms with Crippen molar-refractivity contribution in [3.05, 3.63) is 48.3 Å². The van der Waals surface area contributed by atoms with E-state index in [1.54, 1.807) is 6.20 Å². The smallest absolute Gasteiger partial charge is 0.127 e. The molecule has 0 amide bonds. The maximum Gasteiger partial charge on any atom is 0.127 e. The summed E-state index contributed by atoms with van der Waals surface area (Å²) < 4.78 is 1.83. The van der Waals surface area contributed by atoms with E-state index in [1.165, 1.54) is 19.3 Å². The Bertz CT molecular complexity index is 771. The molecule has 0 aliphatic heterocycles. The van der Waals surface area contributed by atoms with E-state index >= 15 is 0 Å². The number of hydrogen-bond acceptors (Lipinski definition) is 3. The molecule has 1 aliphatic rings. The molecular weight excluding hydrogens is 248 g/mol. The average molecular weight is 264 g/mol. The Morgan fingerprint density at radius 2 is 2.05 bits per heavy atom. The molecule has 1 saturated carbocycles. The third-order valence-corrected chi connectivity index (χ3v) is 4.11. The second-order valence-electron chi connectivity index (χ2n) is 5.41. The maximum atomic E-state index is 6.12. The van der Waals surface area contributed by atoms with Gasteiger partial charge in [0.25, 0.3) is 0 Å². The van der Waals surface area contributed by atoms with Crippen molar-refractivity contribution in [3.8, 4) is 5.69 Å². The Hall–Kier alpha value is -2.36. The van der Waals surface area contributed by atoms with Crippen LogP contribution in [0, 0.1) is 0 Å². The monoisotopic (exact) mass is 264 g/mol. The van der Waals surface area contributed by atoms with E-state index in [-0.39, 0.29) is 0 Å². The predicted molar refractivity (Wildman–Crippen MR) is 79.9 cm³/mol. The molecule has 100 valence electrons. The molecule has 2 heterocycles. The van der Waals surface area contributed by atoms with Crippen molar-refractivity contribution in [1.29, 1.82) is 0 Å². The Labute approximate surface area is 117 Å². The third-order valence-electron chi connectivity index (χ3n) is 4.11. The minimum absolute atomic E-state index is 0.598. The van der Waals surface area contributed by atoms with Gasteiger partial charge in [0.1, 0.15) is 5.82 Å². The fourth-order valence-corrected chi connectivity index (χ4v) is 2.72. The number of rotatable bonds is 2. The van der Waals surface area contributed by atoms with Gasteiger partial charge in [-0.25, -0.2) is 4.68 Å². The Kier molecular flexibility index (Phi) is 2.49. The first-order chi connectivity index (χ1) is 9.81. The molecule has 4 nitrogen and oxygen atoms in total. The van der Waals surface area contributed by atoms with Crippen LogP contribution in [0.2, 0.25) is 0 Å². The topological polar surface area (TPSA) is 56.7 Å². The standard InChI is InChI=1S/C16H16N4/c17-16-10-15(11-3-1-4-11)19-20(16)13-6-7-14-12(9-13)5-2-8-18-14/h2,5-11H,1,3-4,17H2. The SMILES string of the molecule is Nc1cc(C2CCC2)nn1-c1ccc2ncccc2c1. The lowest BCUT2D eigenvalue weighted by atomic mass is 9.83. The quantitative estimate of drug-likeness (QED) is 0.772. The van der Waals surface area contributed by atoms with Crippen molar-refractivity contribution in [1.82, 2.24) is 14.8 Å². The van der Waals surface area contributed by atoms with Crippen LogP contribution >= 0.6 is 0 Å². The van der Waals surface area contributed by atoms with Gasteiger partial charge in [0.05, 0.1) is 16.9 Å². The minimum Gasteiger partial charge on any atom is -0.384 e. The van der Waals surface area contributed by atoms with Gasteiger partial charge in [0.15, 0.2) is 0 Å². The van der Waals surface area contributed by atoms with E-state index < -0.39 is 0 Å². The van der Waals surface area contributed by atoms with Crippen LogP contribution in [0.4, 0.5) is 5.82 Å². The molecule has 1 aliphatic carbocycles. The second-order valence-corrected chi connectivity index (χ2v) is 5.41. The number of nitrogens with zero attached hydrogens (tertiary/aromatic N) is 3. The summed E-state index contributed by atoms with van der Waals surface area (Å²) in [6, 6.07) is 12.1. The van der Waals surface area contributed by atoms with Gasteiger partial charge in [-0.3, -0.25) is 4.98 Å². The Balaban J connectivity index is 1.79. The first-order valence-corrected chi connectivity index (χ1v) is 7.02. The molecule has 4 rings (SSSR count). The number of anilines is 1. The summed E-state index contributed by atoms with van der Waals surface area (Å²) in [7, 11) is 0. The summed E-state index contributed by atoms with van der Waals surface area (Å²) in [6.07, 6.45) is 5.58. The summed E-state index contributed by atoms with van der Waals surface area (Å²) in [5.41, 5.74) is 9.23. The molecule has 3 aromatic rings. The zero-order valence-electron chi connectivity index (χ0n) is 11.2. The number of benzene rings is 1. The average Bonchev–Trinajstić information content (AvgIpc) is 2.78. The molecule has 4 heteroatoms. The van der Waals surface area contributed by atoms with Crippen LogP contribution in [0.5, 0.6) is 0 Å². The van der Waals surface area contributed by atoms with Crippen LogP contribution in [0.25, 0.3) is 16.6 Å². The molecule has 0 spiro atoms. The van der Waals surface area contributed by atoms with Crippen LogP contribution in [0.15, 0.2) is 42.6 Å². The van der Waals surface area contributed by atoms with E-state index in [0.29, 0.717) is 11.7 Å². The van der Waals surface area contributed by atoms with Crippen molar-refractivity contribution in [2.45, 2.75) is 25.2 Å². The largest absolute Gasteiger partial charge is 0.384 e. The van der Waals surface area contributed by atoms with Gasteiger partial charge < -0.3 is 5.73 Å². The van der Waals surface area contributed by atoms with Crippen molar-refractivity contribution in [2.24, 2.45) is 0 Å². The van der Waals surface area contributed by atoms with E-state index in [4.69, 9.17) is 5.73 Å². The van der Waals surface area contributed by atoms with Crippen molar-refractivity contribution < 1.29 is 0 Å². The lowest BCUT2D eigenvalue weighted by Crippen LogP contribution is -2.10. The molecule has 0 bridgehead atoms. The minimum atomic E-state index is 0.598. The van der Waals surface area contributed by atoms with Gasteiger partial charge in [0, 0.05) is 23.6 Å². The highest BCUT2D eigenvalue weighted by atomic mass is 15.3. The van der Waals surface area contributed by atoms with Crippen molar-refractivity contribution >= 4 is 16.7 Å². The molecule has 2 N–H and O–H groups in total. The second kappa shape index (κ2) is 4.34. The molecular formula is C16H16N4. The van der Waals surface area contributed by atoms with Crippen LogP contribution in [-0.2, 0) is 0 Å². The Morgan fingerprint density at radius 3 is 2.85 bits per heavy atom. The van der Waals surface area contributed by atoms with E-state index in [2.05, 4.69) is 22.2 Å². The van der Waals surface area contributed by atoms with Gasteiger partial charge in [-0.15, -0.1) is 0 Å². The fraction of sp³-hybridized carbons (Fsp3) is 0.250. The fourth-order valence-electron chi connectivity index (χ4n) is 2.72. The van der Waals surface area contributed by atoms with Crippen LogP contribution in [0.1, 0.15) is 30.9 Å². The molecule has 20 heavy (non-hydrogen) atoms. The van der Waals surface area contributed by atoms with Crippen molar-refractivity contribution in [2.75, 3.05) is 5.73 Å². The molecule has 2 aromatic heterocycles. The molecule has 0 radical (unpaired) electrons. The third kappa shape index (κ3) is 1.76. The Morgan fingerprint density at radius 1 is 1.15 bits per heavy atom. The number of aromatic nitrogens is 3. The summed E-state index contributed by atoms with van der Waals surface area (Å²) in [4.78, 5) is 4.33. The van der Waals surface area contributed by atoms with Gasteiger partial charge in [-0.1, -0.05) is 12.5 Å². The molecule has 0 atom stereocenters. The van der Waals surface area contributed by atoms with Crippen LogP contribution in [-0.4, -0.2) is 14.8 Å². The maximum absolute atomic E-state index is 6.12. The number of pyridine rings is 1. The molecule has 0 saturated heterocycles. The lowest BCUT2D eigenvalue weighted by molar-refractivity contribution is 0.409. The highest BCUT2D eigenvalue weighted by molar-refractivity contribution is 5.80. The summed E-state index contributed by atoms with van der Waals surface area (Å²) >= 11 is 0. The first kappa shape index (κ1) is 11.5. The normalized spacial score (nSPS) is 15.4.